The lowest BCUT2D eigenvalue weighted by Crippen LogP contribution is -2.25. The van der Waals surface area contributed by atoms with E-state index >= 15 is 0 Å². The molecular weight excluding hydrogens is 345 g/mol. The van der Waals surface area contributed by atoms with Crippen molar-refractivity contribution in [2.45, 2.75) is 25.7 Å². The summed E-state index contributed by atoms with van der Waals surface area (Å²) in [6, 6.07) is 6.71. The Bertz CT molecular complexity index is 731. The fraction of sp³-hybridized carbons (Fsp3) is 0.353. The summed E-state index contributed by atoms with van der Waals surface area (Å²) >= 11 is 4.14. The number of carbonyl (C=O) groups excluding carboxylic acids is 1. The van der Waals surface area contributed by atoms with Gasteiger partial charge in [-0.3, -0.25) is 4.79 Å². The number of unbranched alkanes of at least 4 members (excludes halogenated alkanes) is 3. The Morgan fingerprint density at radius 2 is 1.84 bits per heavy atom. The van der Waals surface area contributed by atoms with E-state index in [1.807, 2.05) is 0 Å². The topological polar surface area (TPSA) is 84.2 Å². The molecule has 2 N–H and O–H groups in total. The molecule has 0 bridgehead atoms. The van der Waals surface area contributed by atoms with Gasteiger partial charge in [0.1, 0.15) is 5.82 Å². The number of nitrogens with zero attached hydrogens (tertiary/aromatic N) is 2. The van der Waals surface area contributed by atoms with Crippen molar-refractivity contribution in [2.24, 2.45) is 0 Å². The predicted octanol–water partition coefficient (Wildman–Crippen LogP) is 3.44. The minimum absolute atomic E-state index is 0.0112. The molecule has 0 saturated carbocycles. The molecule has 2 aromatic rings. The first kappa shape index (κ1) is 19.0. The van der Waals surface area contributed by atoms with Crippen molar-refractivity contribution < 1.29 is 19.1 Å². The van der Waals surface area contributed by atoms with Crippen LogP contribution in [0.5, 0.6) is 0 Å². The Morgan fingerprint density at radius 3 is 2.48 bits per heavy atom. The van der Waals surface area contributed by atoms with Gasteiger partial charge < -0.3 is 10.4 Å². The van der Waals surface area contributed by atoms with E-state index in [1.165, 1.54) is 30.3 Å². The van der Waals surface area contributed by atoms with E-state index in [1.54, 1.807) is 0 Å². The summed E-state index contributed by atoms with van der Waals surface area (Å²) in [5.41, 5.74) is 0.686. The highest BCUT2D eigenvalue weighted by molar-refractivity contribution is 7.80. The minimum Gasteiger partial charge on any atom is -0.463 e. The number of aromatic nitrogens is 2. The first-order chi connectivity index (χ1) is 12.0. The molecule has 1 amide bonds. The quantitative estimate of drug-likeness (QED) is 0.494. The molecule has 0 fully saturated rings. The molecule has 0 radical (unpaired) electrons. The number of rotatable bonds is 8. The van der Waals surface area contributed by atoms with Crippen molar-refractivity contribution in [2.75, 3.05) is 12.3 Å². The number of nitrogens with one attached hydrogen (secondary N) is 1. The van der Waals surface area contributed by atoms with Crippen molar-refractivity contribution in [1.29, 1.82) is 0 Å². The molecule has 2 rings (SSSR count). The Balaban J connectivity index is 2.06. The molecule has 1 aromatic heterocycles. The maximum atomic E-state index is 13.0. The van der Waals surface area contributed by atoms with Gasteiger partial charge in [0.25, 0.3) is 5.91 Å². The van der Waals surface area contributed by atoms with Crippen LogP contribution in [0.3, 0.4) is 0 Å². The summed E-state index contributed by atoms with van der Waals surface area (Å²) in [6.07, 6.45) is 2.61. The summed E-state index contributed by atoms with van der Waals surface area (Å²) < 4.78 is 13.8. The zero-order chi connectivity index (χ0) is 18.2. The maximum Gasteiger partial charge on any atom is 0.432 e. The van der Waals surface area contributed by atoms with Crippen molar-refractivity contribution >= 4 is 24.6 Å². The van der Waals surface area contributed by atoms with Crippen LogP contribution in [-0.4, -0.2) is 39.2 Å². The summed E-state index contributed by atoms with van der Waals surface area (Å²) in [5.74, 6) is -0.0101. The smallest absolute Gasteiger partial charge is 0.432 e. The van der Waals surface area contributed by atoms with Crippen molar-refractivity contribution in [3.8, 4) is 11.3 Å². The highest BCUT2D eigenvalue weighted by Gasteiger charge is 2.18. The second kappa shape index (κ2) is 9.22. The Hall–Kier alpha value is -2.35. The number of hydrogen-bond donors (Lipinski definition) is 3. The largest absolute Gasteiger partial charge is 0.463 e. The molecular formula is C17H20FN3O3S. The average molecular weight is 365 g/mol. The van der Waals surface area contributed by atoms with E-state index < -0.39 is 17.8 Å². The van der Waals surface area contributed by atoms with Crippen LogP contribution in [0.4, 0.5) is 9.18 Å². The van der Waals surface area contributed by atoms with Gasteiger partial charge >= 0.3 is 6.09 Å². The summed E-state index contributed by atoms with van der Waals surface area (Å²) in [7, 11) is 0. The third-order valence-corrected chi connectivity index (χ3v) is 3.95. The number of halogens is 1. The predicted molar refractivity (Wildman–Crippen MR) is 95.7 cm³/mol. The third-order valence-electron chi connectivity index (χ3n) is 3.63. The average Bonchev–Trinajstić information content (AvgIpc) is 3.04. The fourth-order valence-electron chi connectivity index (χ4n) is 2.35. The molecule has 0 aliphatic rings. The van der Waals surface area contributed by atoms with Crippen LogP contribution in [0.25, 0.3) is 11.3 Å². The molecule has 134 valence electrons. The Labute approximate surface area is 150 Å². The zero-order valence-electron chi connectivity index (χ0n) is 13.6. The minimum atomic E-state index is -1.31. The molecule has 1 heterocycles. The van der Waals surface area contributed by atoms with Gasteiger partial charge in [0.2, 0.25) is 0 Å². The fourth-order valence-corrected chi connectivity index (χ4v) is 2.57. The number of hydrogen-bond acceptors (Lipinski definition) is 4. The van der Waals surface area contributed by atoms with E-state index in [4.69, 9.17) is 0 Å². The molecule has 6 nitrogen and oxygen atoms in total. The molecule has 0 aliphatic carbocycles. The van der Waals surface area contributed by atoms with Gasteiger partial charge in [-0.15, -0.1) is 0 Å². The van der Waals surface area contributed by atoms with Crippen LogP contribution in [0, 0.1) is 5.82 Å². The first-order valence-corrected chi connectivity index (χ1v) is 8.64. The Morgan fingerprint density at radius 1 is 1.16 bits per heavy atom. The van der Waals surface area contributed by atoms with Crippen LogP contribution < -0.4 is 5.32 Å². The van der Waals surface area contributed by atoms with Gasteiger partial charge in [-0.25, -0.2) is 9.18 Å². The van der Waals surface area contributed by atoms with Crippen LogP contribution in [0.15, 0.2) is 30.3 Å². The molecule has 0 unspecified atom stereocenters. The number of benzene rings is 1. The number of carbonyl (C=O) groups is 2. The Kier molecular flexibility index (Phi) is 7.00. The van der Waals surface area contributed by atoms with E-state index in [0.29, 0.717) is 12.1 Å². The molecule has 0 atom stereocenters. The molecule has 1 aromatic carbocycles. The highest BCUT2D eigenvalue weighted by atomic mass is 32.1. The van der Waals surface area contributed by atoms with Gasteiger partial charge in [-0.05, 0) is 48.9 Å². The molecule has 0 spiro atoms. The van der Waals surface area contributed by atoms with Gasteiger partial charge in [0, 0.05) is 12.1 Å². The second-order valence-corrected chi connectivity index (χ2v) is 5.96. The monoisotopic (exact) mass is 365 g/mol. The maximum absolute atomic E-state index is 13.0. The van der Waals surface area contributed by atoms with Gasteiger partial charge in [-0.1, -0.05) is 12.8 Å². The third kappa shape index (κ3) is 5.32. The summed E-state index contributed by atoms with van der Waals surface area (Å²) in [6.45, 7) is 0.497. The van der Waals surface area contributed by atoms with Crippen LogP contribution >= 0.6 is 12.6 Å². The molecule has 0 saturated heterocycles. The lowest BCUT2D eigenvalue weighted by molar-refractivity contribution is 0.0947. The number of thiol groups is 1. The van der Waals surface area contributed by atoms with Crippen molar-refractivity contribution in [3.63, 3.8) is 0 Å². The van der Waals surface area contributed by atoms with Gasteiger partial charge in [-0.2, -0.15) is 22.4 Å². The van der Waals surface area contributed by atoms with E-state index in [2.05, 4.69) is 23.0 Å². The zero-order valence-corrected chi connectivity index (χ0v) is 14.5. The van der Waals surface area contributed by atoms with Crippen LogP contribution in [-0.2, 0) is 0 Å². The molecule has 25 heavy (non-hydrogen) atoms. The van der Waals surface area contributed by atoms with Gasteiger partial charge in [0.15, 0.2) is 5.69 Å². The number of carboxylic acid groups (broad SMARTS) is 1. The van der Waals surface area contributed by atoms with Gasteiger partial charge in [0.05, 0.1) is 5.69 Å². The normalized spacial score (nSPS) is 10.6. The lowest BCUT2D eigenvalue weighted by atomic mass is 10.1. The number of amides is 1. The summed E-state index contributed by atoms with van der Waals surface area (Å²) in [5, 5.41) is 15.8. The molecule has 0 aliphatic heterocycles. The SMILES string of the molecule is O=C(NCCCCCCS)c1cc(-c2ccc(F)cc2)n(C(=O)O)n1. The standard InChI is InChI=1S/C17H20FN3O3S/c18-13-7-5-12(6-8-13)15-11-14(20-21(15)17(23)24)16(22)19-9-3-1-2-4-10-25/h5-8,11,25H,1-4,9-10H2,(H,19,22)(H,23,24). The van der Waals surface area contributed by atoms with E-state index in [0.717, 1.165) is 36.1 Å². The van der Waals surface area contributed by atoms with Crippen molar-refractivity contribution in [1.82, 2.24) is 15.1 Å². The van der Waals surface area contributed by atoms with Crippen LogP contribution in [0.1, 0.15) is 36.2 Å². The lowest BCUT2D eigenvalue weighted by Gasteiger charge is -2.02. The van der Waals surface area contributed by atoms with E-state index in [-0.39, 0.29) is 11.4 Å². The second-order valence-electron chi connectivity index (χ2n) is 5.51. The molecule has 8 heteroatoms. The van der Waals surface area contributed by atoms with E-state index in [9.17, 15) is 19.1 Å². The first-order valence-electron chi connectivity index (χ1n) is 8.01. The van der Waals surface area contributed by atoms with Crippen LogP contribution in [0.2, 0.25) is 0 Å². The summed E-state index contributed by atoms with van der Waals surface area (Å²) in [4.78, 5) is 23.5. The highest BCUT2D eigenvalue weighted by Crippen LogP contribution is 2.21. The van der Waals surface area contributed by atoms with Crippen molar-refractivity contribution in [3.05, 3.63) is 41.8 Å².